The third-order valence-corrected chi connectivity index (χ3v) is 5.69. The van der Waals surface area contributed by atoms with Crippen molar-refractivity contribution in [3.63, 3.8) is 0 Å². The Morgan fingerprint density at radius 1 is 1.19 bits per heavy atom. The van der Waals surface area contributed by atoms with Gasteiger partial charge < -0.3 is 9.64 Å². The smallest absolute Gasteiger partial charge is 0.261 e. The number of methoxy groups -OCH3 is 1. The molecule has 0 fully saturated rings. The third kappa shape index (κ3) is 4.06. The zero-order valence-corrected chi connectivity index (χ0v) is 17.3. The van der Waals surface area contributed by atoms with Crippen LogP contribution >= 0.6 is 27.3 Å². The summed E-state index contributed by atoms with van der Waals surface area (Å²) in [6.07, 6.45) is 0. The van der Waals surface area contributed by atoms with Crippen LogP contribution < -0.4 is 9.64 Å². The molecule has 0 N–H and O–H groups in total. The first-order valence-electron chi connectivity index (χ1n) is 8.15. The van der Waals surface area contributed by atoms with Crippen molar-refractivity contribution >= 4 is 48.5 Å². The highest BCUT2D eigenvalue weighted by Gasteiger charge is 2.23. The summed E-state index contributed by atoms with van der Waals surface area (Å²) in [6.45, 7) is 1.31. The average Bonchev–Trinajstić information content (AvgIpc) is 3.04. The zero-order chi connectivity index (χ0) is 18.7. The van der Waals surface area contributed by atoms with Crippen LogP contribution in [0.2, 0.25) is 0 Å². The summed E-state index contributed by atoms with van der Waals surface area (Å²) in [5.74, 6) is 0.691. The Labute approximate surface area is 165 Å². The predicted octanol–water partition coefficient (Wildman–Crippen LogP) is 4.28. The summed E-state index contributed by atoms with van der Waals surface area (Å²) in [5, 5.41) is 0.691. The van der Waals surface area contributed by atoms with Crippen molar-refractivity contribution in [2.75, 3.05) is 39.2 Å². The molecule has 3 aromatic rings. The molecule has 3 rings (SSSR count). The van der Waals surface area contributed by atoms with Gasteiger partial charge in [-0.05, 0) is 54.3 Å². The molecule has 136 valence electrons. The molecule has 5 nitrogen and oxygen atoms in total. The molecule has 0 aliphatic heterocycles. The summed E-state index contributed by atoms with van der Waals surface area (Å²) in [6, 6.07) is 13.2. The monoisotopic (exact) mass is 433 g/mol. The first-order chi connectivity index (χ1) is 12.5. The van der Waals surface area contributed by atoms with Gasteiger partial charge in [-0.1, -0.05) is 23.5 Å². The summed E-state index contributed by atoms with van der Waals surface area (Å²) in [5.41, 5.74) is 1.46. The number of hydrogen-bond donors (Lipinski definition) is 0. The van der Waals surface area contributed by atoms with E-state index in [9.17, 15) is 4.79 Å². The number of anilines is 1. The standard InChI is InChI=1S/C19H20BrN3O2S/c1-22(2)10-11-23(18(24)14-6-4-5-7-15(14)20)19-21-16-12-13(25-3)8-9-17(16)26-19/h4-9,12H,10-11H2,1-3H3. The highest BCUT2D eigenvalue weighted by molar-refractivity contribution is 9.10. The van der Waals surface area contributed by atoms with Crippen molar-refractivity contribution in [1.82, 2.24) is 9.88 Å². The number of hydrogen-bond acceptors (Lipinski definition) is 5. The van der Waals surface area contributed by atoms with Crippen LogP contribution in [0, 0.1) is 0 Å². The number of ether oxygens (including phenoxy) is 1. The molecule has 0 saturated carbocycles. The molecule has 0 aliphatic carbocycles. The van der Waals surface area contributed by atoms with Crippen LogP contribution in [0.1, 0.15) is 10.4 Å². The fraction of sp³-hybridized carbons (Fsp3) is 0.263. The highest BCUT2D eigenvalue weighted by atomic mass is 79.9. The predicted molar refractivity (Wildman–Crippen MR) is 111 cm³/mol. The number of rotatable bonds is 6. The third-order valence-electron chi connectivity index (χ3n) is 3.93. The van der Waals surface area contributed by atoms with Gasteiger partial charge in [-0.25, -0.2) is 4.98 Å². The van der Waals surface area contributed by atoms with Gasteiger partial charge in [0, 0.05) is 23.6 Å². The number of thiazole rings is 1. The lowest BCUT2D eigenvalue weighted by molar-refractivity contribution is 0.0984. The maximum atomic E-state index is 13.2. The van der Waals surface area contributed by atoms with Crippen LogP contribution in [-0.2, 0) is 0 Å². The lowest BCUT2D eigenvalue weighted by atomic mass is 10.2. The first kappa shape index (κ1) is 18.8. The Bertz CT molecular complexity index is 926. The minimum absolute atomic E-state index is 0.0645. The molecule has 0 radical (unpaired) electrons. The van der Waals surface area contributed by atoms with Crippen LogP contribution in [0.5, 0.6) is 5.75 Å². The number of aromatic nitrogens is 1. The van der Waals surface area contributed by atoms with E-state index < -0.39 is 0 Å². The number of amides is 1. The second kappa shape index (κ2) is 8.16. The number of benzene rings is 2. The summed E-state index contributed by atoms with van der Waals surface area (Å²) in [7, 11) is 5.61. The van der Waals surface area contributed by atoms with E-state index in [-0.39, 0.29) is 5.91 Å². The Hall–Kier alpha value is -1.96. The van der Waals surface area contributed by atoms with E-state index in [0.29, 0.717) is 17.2 Å². The van der Waals surface area contributed by atoms with Gasteiger partial charge >= 0.3 is 0 Å². The van der Waals surface area contributed by atoms with Crippen LogP contribution in [0.4, 0.5) is 5.13 Å². The summed E-state index contributed by atoms with van der Waals surface area (Å²) < 4.78 is 7.08. The van der Waals surface area contributed by atoms with Crippen molar-refractivity contribution in [1.29, 1.82) is 0 Å². The molecule has 0 unspecified atom stereocenters. The van der Waals surface area contributed by atoms with E-state index in [2.05, 4.69) is 25.8 Å². The molecule has 1 aromatic heterocycles. The maximum absolute atomic E-state index is 13.2. The topological polar surface area (TPSA) is 45.7 Å². The molecule has 26 heavy (non-hydrogen) atoms. The van der Waals surface area contributed by atoms with Crippen LogP contribution in [0.25, 0.3) is 10.2 Å². The second-order valence-corrected chi connectivity index (χ2v) is 7.93. The van der Waals surface area contributed by atoms with Gasteiger partial charge in [-0.3, -0.25) is 9.69 Å². The Balaban J connectivity index is 2.00. The SMILES string of the molecule is COc1ccc2sc(N(CCN(C)C)C(=O)c3ccccc3Br)nc2c1. The molecule has 0 spiro atoms. The molecule has 2 aromatic carbocycles. The molecule has 1 heterocycles. The quantitative estimate of drug-likeness (QED) is 0.581. The van der Waals surface area contributed by atoms with Crippen LogP contribution in [-0.4, -0.2) is 50.1 Å². The van der Waals surface area contributed by atoms with Gasteiger partial charge in [0.25, 0.3) is 5.91 Å². The summed E-state index contributed by atoms with van der Waals surface area (Å²) >= 11 is 4.99. The minimum Gasteiger partial charge on any atom is -0.497 e. The van der Waals surface area contributed by atoms with Crippen LogP contribution in [0.3, 0.4) is 0 Å². The van der Waals surface area contributed by atoms with E-state index in [1.807, 2.05) is 56.6 Å². The zero-order valence-electron chi connectivity index (χ0n) is 14.9. The largest absolute Gasteiger partial charge is 0.497 e. The molecule has 0 aliphatic rings. The van der Waals surface area contributed by atoms with Gasteiger partial charge in [-0.15, -0.1) is 0 Å². The van der Waals surface area contributed by atoms with E-state index in [1.165, 1.54) is 11.3 Å². The van der Waals surface area contributed by atoms with Gasteiger partial charge in [0.15, 0.2) is 5.13 Å². The molecule has 0 bridgehead atoms. The normalized spacial score (nSPS) is 11.1. The minimum atomic E-state index is -0.0645. The maximum Gasteiger partial charge on any atom is 0.261 e. The molecule has 0 saturated heterocycles. The average molecular weight is 434 g/mol. The molecule has 1 amide bonds. The molecular weight excluding hydrogens is 414 g/mol. The second-order valence-electron chi connectivity index (χ2n) is 6.07. The molecular formula is C19H20BrN3O2S. The lowest BCUT2D eigenvalue weighted by Gasteiger charge is -2.22. The Morgan fingerprint density at radius 3 is 2.65 bits per heavy atom. The fourth-order valence-corrected chi connectivity index (χ4v) is 3.93. The number of nitrogens with zero attached hydrogens (tertiary/aromatic N) is 3. The van der Waals surface area contributed by atoms with Crippen molar-refractivity contribution in [3.8, 4) is 5.75 Å². The van der Waals surface area contributed by atoms with E-state index in [0.717, 1.165) is 27.0 Å². The number of halogens is 1. The molecule has 0 atom stereocenters. The van der Waals surface area contributed by atoms with Crippen molar-refractivity contribution in [2.45, 2.75) is 0 Å². The van der Waals surface area contributed by atoms with Gasteiger partial charge in [-0.2, -0.15) is 0 Å². The highest BCUT2D eigenvalue weighted by Crippen LogP contribution is 2.32. The van der Waals surface area contributed by atoms with Crippen molar-refractivity contribution in [3.05, 3.63) is 52.5 Å². The van der Waals surface area contributed by atoms with Crippen LogP contribution in [0.15, 0.2) is 46.9 Å². The van der Waals surface area contributed by atoms with Gasteiger partial charge in [0.1, 0.15) is 5.75 Å². The molecule has 7 heteroatoms. The van der Waals surface area contributed by atoms with E-state index >= 15 is 0 Å². The van der Waals surface area contributed by atoms with Crippen molar-refractivity contribution < 1.29 is 9.53 Å². The summed E-state index contributed by atoms with van der Waals surface area (Å²) in [4.78, 5) is 21.7. The first-order valence-corrected chi connectivity index (χ1v) is 9.76. The number of carbonyl (C=O) groups is 1. The van der Waals surface area contributed by atoms with Crippen molar-refractivity contribution in [2.24, 2.45) is 0 Å². The lowest BCUT2D eigenvalue weighted by Crippen LogP contribution is -2.36. The Morgan fingerprint density at radius 2 is 1.96 bits per heavy atom. The number of fused-ring (bicyclic) bond motifs is 1. The van der Waals surface area contributed by atoms with E-state index in [1.54, 1.807) is 12.0 Å². The van der Waals surface area contributed by atoms with E-state index in [4.69, 9.17) is 4.74 Å². The number of likely N-dealkylation sites (N-methyl/N-ethyl adjacent to an activating group) is 1. The Kier molecular flexibility index (Phi) is 5.90. The van der Waals surface area contributed by atoms with Gasteiger partial charge in [0.2, 0.25) is 0 Å². The number of carbonyl (C=O) groups excluding carboxylic acids is 1. The van der Waals surface area contributed by atoms with Gasteiger partial charge in [0.05, 0.1) is 22.9 Å². The fourth-order valence-electron chi connectivity index (χ4n) is 2.50.